The monoisotopic (exact) mass is 441 g/mol. The minimum absolute atomic E-state index is 0.0270. The number of carbonyl (C=O) groups excluding carboxylic acids is 3. The van der Waals surface area contributed by atoms with Crippen LogP contribution in [0.1, 0.15) is 55.4 Å². The van der Waals surface area contributed by atoms with E-state index in [2.05, 4.69) is 16.9 Å². The molecule has 31 heavy (non-hydrogen) atoms. The Labute approximate surface area is 185 Å². The van der Waals surface area contributed by atoms with Gasteiger partial charge in [-0.15, -0.1) is 11.3 Å². The number of thiazole rings is 1. The number of nitrogens with zero attached hydrogens (tertiary/aromatic N) is 2. The number of carbonyl (C=O) groups is 3. The van der Waals surface area contributed by atoms with Crippen LogP contribution in [0.5, 0.6) is 0 Å². The summed E-state index contributed by atoms with van der Waals surface area (Å²) in [6.45, 7) is 10.3. The van der Waals surface area contributed by atoms with Crippen molar-refractivity contribution in [3.63, 3.8) is 0 Å². The maximum absolute atomic E-state index is 13.1. The van der Waals surface area contributed by atoms with E-state index in [4.69, 9.17) is 4.74 Å². The topological polar surface area (TPSA) is 88.6 Å². The van der Waals surface area contributed by atoms with Gasteiger partial charge in [0.25, 0.3) is 5.91 Å². The SMILES string of the molecule is C=C1CCC2(CCN(C(=O)c3ccc4sc(CC(=O)OC(C)(C)C)nc4c3)C2)C(=O)N1. The molecule has 2 amide bonds. The zero-order chi connectivity index (χ0) is 22.4. The minimum Gasteiger partial charge on any atom is -0.460 e. The molecule has 2 aliphatic heterocycles. The van der Waals surface area contributed by atoms with Gasteiger partial charge >= 0.3 is 5.97 Å². The molecule has 3 heterocycles. The quantitative estimate of drug-likeness (QED) is 0.737. The van der Waals surface area contributed by atoms with Crippen LogP contribution in [0.2, 0.25) is 0 Å². The van der Waals surface area contributed by atoms with E-state index in [0.29, 0.717) is 35.6 Å². The molecule has 2 aliphatic rings. The highest BCUT2D eigenvalue weighted by molar-refractivity contribution is 7.18. The van der Waals surface area contributed by atoms with Gasteiger partial charge in [-0.05, 0) is 58.2 Å². The van der Waals surface area contributed by atoms with Crippen LogP contribution in [0.3, 0.4) is 0 Å². The molecular weight excluding hydrogens is 414 g/mol. The number of allylic oxidation sites excluding steroid dienone is 1. The number of amides is 2. The van der Waals surface area contributed by atoms with Crippen LogP contribution in [0.15, 0.2) is 30.5 Å². The number of piperidine rings is 1. The van der Waals surface area contributed by atoms with Crippen molar-refractivity contribution in [2.45, 2.75) is 52.1 Å². The van der Waals surface area contributed by atoms with Crippen LogP contribution >= 0.6 is 11.3 Å². The summed E-state index contributed by atoms with van der Waals surface area (Å²) in [5.41, 5.74) is 0.927. The van der Waals surface area contributed by atoms with Crippen LogP contribution in [-0.2, 0) is 20.7 Å². The Kier molecular flexibility index (Phi) is 5.37. The molecule has 2 saturated heterocycles. The summed E-state index contributed by atoms with van der Waals surface area (Å²) in [4.78, 5) is 44.0. The van der Waals surface area contributed by atoms with Gasteiger partial charge in [0.15, 0.2) is 0 Å². The van der Waals surface area contributed by atoms with Gasteiger partial charge in [-0.1, -0.05) is 6.58 Å². The average Bonchev–Trinajstić information content (AvgIpc) is 3.27. The second-order valence-electron chi connectivity index (χ2n) is 9.37. The van der Waals surface area contributed by atoms with E-state index in [1.807, 2.05) is 26.8 Å². The highest BCUT2D eigenvalue weighted by Gasteiger charge is 2.47. The van der Waals surface area contributed by atoms with E-state index in [9.17, 15) is 14.4 Å². The van der Waals surface area contributed by atoms with Crippen LogP contribution in [-0.4, -0.2) is 46.4 Å². The van der Waals surface area contributed by atoms with E-state index in [0.717, 1.165) is 23.2 Å². The zero-order valence-electron chi connectivity index (χ0n) is 18.1. The average molecular weight is 442 g/mol. The fraction of sp³-hybridized carbons (Fsp3) is 0.478. The lowest BCUT2D eigenvalue weighted by Gasteiger charge is -2.33. The lowest BCUT2D eigenvalue weighted by atomic mass is 9.78. The van der Waals surface area contributed by atoms with Crippen LogP contribution in [0, 0.1) is 5.41 Å². The van der Waals surface area contributed by atoms with E-state index >= 15 is 0 Å². The summed E-state index contributed by atoms with van der Waals surface area (Å²) >= 11 is 1.42. The summed E-state index contributed by atoms with van der Waals surface area (Å²) in [6, 6.07) is 5.41. The standard InChI is InChI=1S/C23H27N3O4S/c1-14-7-8-23(21(29)24-14)9-10-26(13-23)20(28)15-5-6-17-16(11-15)25-18(31-17)12-19(27)30-22(2,3)4/h5-6,11H,1,7-10,12-13H2,2-4H3,(H,24,29). The number of rotatable bonds is 3. The molecule has 4 rings (SSSR count). The van der Waals surface area contributed by atoms with Gasteiger partial charge in [-0.2, -0.15) is 0 Å². The summed E-state index contributed by atoms with van der Waals surface area (Å²) in [6.07, 6.45) is 2.24. The fourth-order valence-electron chi connectivity index (χ4n) is 4.16. The largest absolute Gasteiger partial charge is 0.460 e. The highest BCUT2D eigenvalue weighted by atomic mass is 32.1. The van der Waals surface area contributed by atoms with Crippen molar-refractivity contribution in [2.75, 3.05) is 13.1 Å². The first-order valence-corrected chi connectivity index (χ1v) is 11.3. The molecule has 1 N–H and O–H groups in total. The van der Waals surface area contributed by atoms with Gasteiger partial charge in [0.1, 0.15) is 10.6 Å². The Morgan fingerprint density at radius 1 is 1.32 bits per heavy atom. The number of hydrogen-bond donors (Lipinski definition) is 1. The Balaban J connectivity index is 1.47. The lowest BCUT2D eigenvalue weighted by molar-refractivity contribution is -0.153. The van der Waals surface area contributed by atoms with Gasteiger partial charge in [-0.3, -0.25) is 14.4 Å². The Bertz CT molecular complexity index is 1080. The van der Waals surface area contributed by atoms with Gasteiger partial charge in [-0.25, -0.2) is 4.98 Å². The molecule has 164 valence electrons. The van der Waals surface area contributed by atoms with E-state index in [1.165, 1.54) is 11.3 Å². The zero-order valence-corrected chi connectivity index (χ0v) is 18.9. The summed E-state index contributed by atoms with van der Waals surface area (Å²) in [5.74, 6) is -0.447. The Hall–Kier alpha value is -2.74. The van der Waals surface area contributed by atoms with Crippen LogP contribution in [0.25, 0.3) is 10.2 Å². The third-order valence-corrected chi connectivity index (χ3v) is 6.75. The van der Waals surface area contributed by atoms with Gasteiger partial charge in [0.05, 0.1) is 22.1 Å². The number of esters is 1. The lowest BCUT2D eigenvalue weighted by Crippen LogP contribution is -2.46. The minimum atomic E-state index is -0.539. The fourth-order valence-corrected chi connectivity index (χ4v) is 5.10. The molecule has 2 aromatic rings. The molecule has 1 spiro atoms. The number of ether oxygens (including phenoxy) is 1. The number of aromatic nitrogens is 1. The smallest absolute Gasteiger partial charge is 0.313 e. The molecule has 2 fully saturated rings. The van der Waals surface area contributed by atoms with Crippen LogP contribution in [0.4, 0.5) is 0 Å². The molecule has 7 nitrogen and oxygen atoms in total. The van der Waals surface area contributed by atoms with Crippen molar-refractivity contribution in [1.29, 1.82) is 0 Å². The summed E-state index contributed by atoms with van der Waals surface area (Å²) in [5, 5.41) is 3.51. The van der Waals surface area contributed by atoms with Crippen molar-refractivity contribution in [3.05, 3.63) is 41.0 Å². The second kappa shape index (κ2) is 7.75. The predicted octanol–water partition coefficient (Wildman–Crippen LogP) is 3.44. The first kappa shape index (κ1) is 21.5. The van der Waals surface area contributed by atoms with E-state index < -0.39 is 11.0 Å². The molecule has 1 unspecified atom stereocenters. The third-order valence-electron chi connectivity index (χ3n) is 5.71. The van der Waals surface area contributed by atoms with Crippen molar-refractivity contribution in [2.24, 2.45) is 5.41 Å². The van der Waals surface area contributed by atoms with Crippen molar-refractivity contribution < 1.29 is 19.1 Å². The first-order chi connectivity index (χ1) is 14.5. The van der Waals surface area contributed by atoms with Crippen LogP contribution < -0.4 is 5.32 Å². The Morgan fingerprint density at radius 2 is 2.10 bits per heavy atom. The van der Waals surface area contributed by atoms with E-state index in [1.54, 1.807) is 17.0 Å². The van der Waals surface area contributed by atoms with Gasteiger partial charge in [0.2, 0.25) is 5.91 Å². The molecule has 1 aromatic carbocycles. The normalized spacial score (nSPS) is 21.6. The molecule has 1 atom stereocenters. The third kappa shape index (κ3) is 4.49. The van der Waals surface area contributed by atoms with Crippen molar-refractivity contribution in [1.82, 2.24) is 15.2 Å². The second-order valence-corrected chi connectivity index (χ2v) is 10.5. The summed E-state index contributed by atoms with van der Waals surface area (Å²) in [7, 11) is 0. The number of benzene rings is 1. The molecule has 1 aromatic heterocycles. The predicted molar refractivity (Wildman–Crippen MR) is 119 cm³/mol. The van der Waals surface area contributed by atoms with Crippen molar-refractivity contribution >= 4 is 39.3 Å². The maximum Gasteiger partial charge on any atom is 0.313 e. The summed E-state index contributed by atoms with van der Waals surface area (Å²) < 4.78 is 6.28. The molecular formula is C23H27N3O4S. The Morgan fingerprint density at radius 3 is 2.81 bits per heavy atom. The number of hydrogen-bond acceptors (Lipinski definition) is 6. The van der Waals surface area contributed by atoms with Gasteiger partial charge < -0.3 is 15.0 Å². The first-order valence-electron chi connectivity index (χ1n) is 10.4. The highest BCUT2D eigenvalue weighted by Crippen LogP contribution is 2.39. The number of likely N-dealkylation sites (tertiary alicyclic amines) is 1. The molecule has 8 heteroatoms. The van der Waals surface area contributed by atoms with E-state index in [-0.39, 0.29) is 24.2 Å². The molecule has 0 saturated carbocycles. The van der Waals surface area contributed by atoms with Crippen molar-refractivity contribution in [3.8, 4) is 0 Å². The molecule has 0 bridgehead atoms. The molecule has 0 aliphatic carbocycles. The number of nitrogens with one attached hydrogen (secondary N) is 1. The molecule has 0 radical (unpaired) electrons. The number of fused-ring (bicyclic) bond motifs is 1. The van der Waals surface area contributed by atoms with Gasteiger partial charge in [0, 0.05) is 24.4 Å². The maximum atomic E-state index is 13.1.